The molecule has 46 heavy (non-hydrogen) atoms. The Morgan fingerprint density at radius 2 is 1.13 bits per heavy atom. The summed E-state index contributed by atoms with van der Waals surface area (Å²) in [5, 5.41) is 0. The molecular weight excluding hydrogens is 766 g/mol. The van der Waals surface area contributed by atoms with Crippen molar-refractivity contribution >= 4 is 3.26 Å². The van der Waals surface area contributed by atoms with Gasteiger partial charge < -0.3 is 24.8 Å². The van der Waals surface area contributed by atoms with Crippen LogP contribution in [0, 0.1) is 6.07 Å². The molecule has 0 N–H and O–H groups in total. The number of hydrogen-bond acceptors (Lipinski definition) is 0. The van der Waals surface area contributed by atoms with E-state index in [2.05, 4.69) is 184 Å². The Bertz CT molecular complexity index is 1560. The van der Waals surface area contributed by atoms with E-state index in [9.17, 15) is 0 Å². The fourth-order valence-electron chi connectivity index (χ4n) is 5.28. The Labute approximate surface area is 306 Å². The summed E-state index contributed by atoms with van der Waals surface area (Å²) in [6.07, 6.45) is 1.03. The van der Waals surface area contributed by atoms with Crippen LogP contribution in [0.2, 0.25) is 0 Å². The molecule has 0 atom stereocenters. The summed E-state index contributed by atoms with van der Waals surface area (Å²) in [5.41, 5.74) is 13.2. The van der Waals surface area contributed by atoms with E-state index in [4.69, 9.17) is 0 Å². The molecule has 0 amide bonds. The maximum absolute atomic E-state index is 3.67. The summed E-state index contributed by atoms with van der Waals surface area (Å²) >= 11 is 1.08. The molecule has 6 rings (SSSR count). The molecule has 0 fully saturated rings. The minimum absolute atomic E-state index is 0. The van der Waals surface area contributed by atoms with Crippen molar-refractivity contribution in [3.05, 3.63) is 160 Å². The molecule has 1 aliphatic carbocycles. The van der Waals surface area contributed by atoms with E-state index in [0.29, 0.717) is 5.41 Å². The van der Waals surface area contributed by atoms with Crippen LogP contribution in [-0.2, 0) is 46.6 Å². The molecule has 0 aliphatic heterocycles. The molecule has 1 aliphatic rings. The Morgan fingerprint density at radius 1 is 0.609 bits per heavy atom. The van der Waals surface area contributed by atoms with Crippen molar-refractivity contribution in [1.29, 1.82) is 0 Å². The molecule has 3 heteroatoms. The molecule has 0 nitrogen and oxygen atoms in total. The summed E-state index contributed by atoms with van der Waals surface area (Å²) in [5.74, 6) is 0. The van der Waals surface area contributed by atoms with Gasteiger partial charge in [-0.3, -0.25) is 0 Å². The summed E-state index contributed by atoms with van der Waals surface area (Å²) in [6, 6.07) is 44.9. The van der Waals surface area contributed by atoms with Gasteiger partial charge >= 0.3 is 98.9 Å². The Kier molecular flexibility index (Phi) is 14.3. The SMILES string of the molecule is CC(C)(C)c1[c-]c2c(cc1)-c1ccc(C(C)(C)C)cc1C2.CC(C)(C)c1cc[cH-]c1.[Cl-].[Cl-].[Hf+2]=[C](c1ccccc1)c1ccccc1. The Hall–Kier alpha value is -2.45. The van der Waals surface area contributed by atoms with Gasteiger partial charge in [0.25, 0.3) is 0 Å². The van der Waals surface area contributed by atoms with E-state index in [1.54, 1.807) is 0 Å². The molecule has 0 saturated heterocycles. The molecule has 0 saturated carbocycles. The molecule has 240 valence electrons. The number of halogens is 2. The van der Waals surface area contributed by atoms with Gasteiger partial charge in [-0.25, -0.2) is 6.07 Å². The summed E-state index contributed by atoms with van der Waals surface area (Å²) in [6.45, 7) is 20.3. The second-order valence-corrected chi connectivity index (χ2v) is 16.6. The van der Waals surface area contributed by atoms with Crippen molar-refractivity contribution in [2.45, 2.75) is 85.0 Å². The average molecular weight is 814 g/mol. The van der Waals surface area contributed by atoms with Crippen LogP contribution < -0.4 is 24.8 Å². The zero-order valence-electron chi connectivity index (χ0n) is 28.9. The van der Waals surface area contributed by atoms with E-state index in [1.165, 1.54) is 53.3 Å². The van der Waals surface area contributed by atoms with Crippen LogP contribution in [-0.4, -0.2) is 3.26 Å². The van der Waals surface area contributed by atoms with Crippen LogP contribution in [0.5, 0.6) is 0 Å². The van der Waals surface area contributed by atoms with Crippen LogP contribution in [0.25, 0.3) is 11.1 Å². The van der Waals surface area contributed by atoms with Crippen molar-refractivity contribution < 1.29 is 48.7 Å². The van der Waals surface area contributed by atoms with Gasteiger partial charge in [-0.1, -0.05) is 91.5 Å². The van der Waals surface area contributed by atoms with Gasteiger partial charge in [-0.2, -0.15) is 47.5 Å². The Balaban J connectivity index is 0.000000256. The fraction of sp³-hybridized carbons (Fsp3) is 0.302. The van der Waals surface area contributed by atoms with Gasteiger partial charge in [-0.05, 0) is 28.4 Å². The second kappa shape index (κ2) is 16.6. The molecule has 5 aromatic rings. The predicted octanol–water partition coefficient (Wildman–Crippen LogP) is 5.17. The fourth-order valence-corrected chi connectivity index (χ4v) is 6.48. The molecule has 0 unspecified atom stereocenters. The first-order valence-corrected chi connectivity index (χ1v) is 17.6. The average Bonchev–Trinajstić information content (AvgIpc) is 3.66. The first kappa shape index (κ1) is 39.7. The van der Waals surface area contributed by atoms with Crippen LogP contribution >= 0.6 is 0 Å². The van der Waals surface area contributed by atoms with Crippen molar-refractivity contribution in [3.63, 3.8) is 0 Å². The number of fused-ring (bicyclic) bond motifs is 3. The third-order valence-electron chi connectivity index (χ3n) is 8.12. The van der Waals surface area contributed by atoms with E-state index in [0.717, 1.165) is 30.3 Å². The maximum atomic E-state index is 3.67. The zero-order valence-corrected chi connectivity index (χ0v) is 34.0. The van der Waals surface area contributed by atoms with Crippen molar-refractivity contribution in [2.75, 3.05) is 0 Å². The number of rotatable bonds is 2. The minimum atomic E-state index is 0. The zero-order chi connectivity index (χ0) is 32.1. The van der Waals surface area contributed by atoms with Gasteiger partial charge in [0.1, 0.15) is 0 Å². The molecule has 5 aromatic carbocycles. The monoisotopic (exact) mass is 814 g/mol. The summed E-state index contributed by atoms with van der Waals surface area (Å²) < 4.78 is 1.46. The summed E-state index contributed by atoms with van der Waals surface area (Å²) in [7, 11) is 0. The third-order valence-corrected chi connectivity index (χ3v) is 10.2. The number of hydrogen-bond donors (Lipinski definition) is 0. The predicted molar refractivity (Wildman–Crippen MR) is 188 cm³/mol. The molecule has 0 bridgehead atoms. The van der Waals surface area contributed by atoms with Gasteiger partial charge in [0, 0.05) is 0 Å². The quantitative estimate of drug-likeness (QED) is 0.168. The molecule has 0 spiro atoms. The van der Waals surface area contributed by atoms with Crippen LogP contribution in [0.3, 0.4) is 0 Å². The van der Waals surface area contributed by atoms with E-state index in [-0.39, 0.29) is 35.6 Å². The van der Waals surface area contributed by atoms with Gasteiger partial charge in [0.15, 0.2) is 0 Å². The van der Waals surface area contributed by atoms with Crippen molar-refractivity contribution in [3.8, 4) is 11.1 Å². The first-order chi connectivity index (χ1) is 20.6. The van der Waals surface area contributed by atoms with Crippen LogP contribution in [0.4, 0.5) is 0 Å². The number of benzene rings is 4. The standard InChI is InChI=1S/C21H25.C13H10.C9H13.2ClH.Hf/c1-20(2,3)16-7-9-18-14(12-16)11-15-13-17(21(4,5)6)8-10-19(15)18;1-3-7-12(8-4-1)11-13-9-5-2-6-10-13;1-9(2,3)8-6-4-5-7-8;;;/h7-10,12H,11H2,1-6H3;1-10H;4-7H,1-3H3;2*1H;/q-1;;-1;;;+2/p-2. The molecular formula is C43H48Cl2Hf-2. The van der Waals surface area contributed by atoms with Crippen LogP contribution in [0.15, 0.2) is 115 Å². The second-order valence-electron chi connectivity index (χ2n) is 14.8. The topological polar surface area (TPSA) is 0 Å². The molecule has 0 radical (unpaired) electrons. The van der Waals surface area contributed by atoms with Gasteiger partial charge in [0.05, 0.1) is 0 Å². The van der Waals surface area contributed by atoms with Crippen LogP contribution in [0.1, 0.15) is 101 Å². The van der Waals surface area contributed by atoms with E-state index in [1.807, 2.05) is 0 Å². The van der Waals surface area contributed by atoms with E-state index < -0.39 is 0 Å². The first-order valence-electron chi connectivity index (χ1n) is 15.8. The Morgan fingerprint density at radius 3 is 1.57 bits per heavy atom. The molecule has 0 aromatic heterocycles. The molecule has 0 heterocycles. The van der Waals surface area contributed by atoms with Crippen molar-refractivity contribution in [1.82, 2.24) is 0 Å². The normalized spacial score (nSPS) is 11.7. The van der Waals surface area contributed by atoms with Gasteiger partial charge in [-0.15, -0.1) is 11.1 Å². The van der Waals surface area contributed by atoms with Gasteiger partial charge in [0.2, 0.25) is 0 Å². The summed E-state index contributed by atoms with van der Waals surface area (Å²) in [4.78, 5) is 0. The van der Waals surface area contributed by atoms with E-state index >= 15 is 0 Å². The third kappa shape index (κ3) is 10.5. The van der Waals surface area contributed by atoms with Crippen molar-refractivity contribution in [2.24, 2.45) is 0 Å².